The minimum absolute atomic E-state index is 0.113. The van der Waals surface area contributed by atoms with Crippen LogP contribution in [0.3, 0.4) is 0 Å². The zero-order chi connectivity index (χ0) is 26.2. The lowest BCUT2D eigenvalue weighted by Gasteiger charge is -2.29. The Hall–Kier alpha value is -3.00. The van der Waals surface area contributed by atoms with Crippen LogP contribution in [0, 0.1) is 6.92 Å². The number of hydrogen-bond donors (Lipinski definition) is 2. The van der Waals surface area contributed by atoms with Crippen LogP contribution in [0.1, 0.15) is 61.6 Å². The van der Waals surface area contributed by atoms with Crippen LogP contribution >= 0.6 is 0 Å². The molecule has 0 aromatic heterocycles. The predicted molar refractivity (Wildman–Crippen MR) is 148 cm³/mol. The van der Waals surface area contributed by atoms with Crippen molar-refractivity contribution in [3.63, 3.8) is 0 Å². The maximum absolute atomic E-state index is 13.5. The van der Waals surface area contributed by atoms with Gasteiger partial charge in [0.1, 0.15) is 18.1 Å². The zero-order valence-corrected chi connectivity index (χ0v) is 22.4. The number of benzene rings is 2. The fourth-order valence-corrected chi connectivity index (χ4v) is 6.13. The minimum Gasteiger partial charge on any atom is -0.352 e. The van der Waals surface area contributed by atoms with Gasteiger partial charge in [0.25, 0.3) is 0 Å². The van der Waals surface area contributed by atoms with Crippen LogP contribution in [-0.4, -0.2) is 46.0 Å². The lowest BCUT2D eigenvalue weighted by molar-refractivity contribution is -0.123. The molecule has 3 amide bonds. The largest absolute Gasteiger partial charge is 0.352 e. The molecule has 2 aliphatic rings. The van der Waals surface area contributed by atoms with Gasteiger partial charge in [0.05, 0.1) is 0 Å². The second kappa shape index (κ2) is 13.0. The molecule has 1 unspecified atom stereocenters. The zero-order valence-electron chi connectivity index (χ0n) is 21.6. The van der Waals surface area contributed by atoms with Crippen LogP contribution in [0.2, 0.25) is 0 Å². The first-order valence-corrected chi connectivity index (χ1v) is 14.8. The van der Waals surface area contributed by atoms with E-state index in [-0.39, 0.29) is 30.0 Å². The first-order valence-electron chi connectivity index (χ1n) is 13.3. The van der Waals surface area contributed by atoms with Crippen molar-refractivity contribution in [1.82, 2.24) is 5.32 Å². The Kier molecular flexibility index (Phi) is 9.50. The van der Waals surface area contributed by atoms with Gasteiger partial charge in [-0.2, -0.15) is 0 Å². The number of carbonyl (C=O) groups excluding carboxylic acids is 3. The summed E-state index contributed by atoms with van der Waals surface area (Å²) < 4.78 is 12.8. The highest BCUT2D eigenvalue weighted by molar-refractivity contribution is 7.86. The second-order valence-corrected chi connectivity index (χ2v) is 11.6. The van der Waals surface area contributed by atoms with E-state index in [2.05, 4.69) is 16.7 Å². The average molecular weight is 524 g/mol. The van der Waals surface area contributed by atoms with Crippen LogP contribution in [0.15, 0.2) is 42.5 Å². The molecule has 7 nitrogen and oxygen atoms in total. The third-order valence-corrected chi connectivity index (χ3v) is 8.30. The summed E-state index contributed by atoms with van der Waals surface area (Å²) in [5, 5.41) is 5.83. The van der Waals surface area contributed by atoms with Crippen LogP contribution in [0.5, 0.6) is 0 Å². The third-order valence-electron chi connectivity index (χ3n) is 7.15. The van der Waals surface area contributed by atoms with Crippen molar-refractivity contribution in [3.05, 3.63) is 59.2 Å². The minimum atomic E-state index is -1.71. The molecule has 8 heteroatoms. The first-order chi connectivity index (χ1) is 17.9. The summed E-state index contributed by atoms with van der Waals surface area (Å²) in [4.78, 5) is 40.4. The summed E-state index contributed by atoms with van der Waals surface area (Å²) in [5.41, 5.74) is 4.71. The highest BCUT2D eigenvalue weighted by atomic mass is 32.2. The number of fused-ring (bicyclic) bond motifs is 1. The number of rotatable bonds is 9. The van der Waals surface area contributed by atoms with E-state index >= 15 is 0 Å². The molecule has 198 valence electrons. The maximum Gasteiger partial charge on any atom is 0.240 e. The fraction of sp³-hybridized carbons (Fsp3) is 0.483. The molecule has 0 bridgehead atoms. The third kappa shape index (κ3) is 7.74. The molecule has 1 atom stereocenters. The van der Waals surface area contributed by atoms with Crippen molar-refractivity contribution < 1.29 is 18.6 Å². The van der Waals surface area contributed by atoms with Crippen molar-refractivity contribution in [2.24, 2.45) is 0 Å². The van der Waals surface area contributed by atoms with E-state index in [4.69, 9.17) is 0 Å². The van der Waals surface area contributed by atoms with E-state index in [0.717, 1.165) is 68.2 Å². The molecule has 0 saturated heterocycles. The quantitative estimate of drug-likeness (QED) is 0.519. The molecule has 0 aliphatic heterocycles. The number of anilines is 2. The Morgan fingerprint density at radius 1 is 0.892 bits per heavy atom. The normalized spacial score (nSPS) is 16.4. The van der Waals surface area contributed by atoms with Crippen LogP contribution < -0.4 is 15.5 Å². The molecule has 4 rings (SSSR count). The van der Waals surface area contributed by atoms with Gasteiger partial charge in [-0.25, -0.2) is 0 Å². The summed E-state index contributed by atoms with van der Waals surface area (Å²) in [6.45, 7) is 1.84. The average Bonchev–Trinajstić information content (AvgIpc) is 2.88. The van der Waals surface area contributed by atoms with Gasteiger partial charge in [-0.1, -0.05) is 49.1 Å². The van der Waals surface area contributed by atoms with Gasteiger partial charge in [-0.05, 0) is 74.8 Å². The van der Waals surface area contributed by atoms with Gasteiger partial charge in [-0.15, -0.1) is 0 Å². The number of carbonyl (C=O) groups is 3. The van der Waals surface area contributed by atoms with E-state index in [9.17, 15) is 18.6 Å². The lowest BCUT2D eigenvalue weighted by Crippen LogP contribution is -2.46. The maximum atomic E-state index is 13.5. The summed E-state index contributed by atoms with van der Waals surface area (Å²) >= 11 is 0. The summed E-state index contributed by atoms with van der Waals surface area (Å²) in [5.74, 6) is -1.61. The second-order valence-electron chi connectivity index (χ2n) is 10.1. The van der Waals surface area contributed by atoms with Crippen molar-refractivity contribution in [2.45, 2.75) is 70.8 Å². The first kappa shape index (κ1) is 27.0. The smallest absolute Gasteiger partial charge is 0.240 e. The molecular weight excluding hydrogens is 486 g/mol. The van der Waals surface area contributed by atoms with Gasteiger partial charge in [0, 0.05) is 28.2 Å². The van der Waals surface area contributed by atoms with Crippen molar-refractivity contribution in [1.29, 1.82) is 0 Å². The van der Waals surface area contributed by atoms with E-state index < -0.39 is 22.6 Å². The number of hydrogen-bond acceptors (Lipinski definition) is 4. The Morgan fingerprint density at radius 3 is 2.38 bits per heavy atom. The molecule has 2 aliphatic carbocycles. The van der Waals surface area contributed by atoms with Crippen molar-refractivity contribution >= 4 is 39.9 Å². The van der Waals surface area contributed by atoms with Crippen LogP contribution in [0.4, 0.5) is 11.4 Å². The van der Waals surface area contributed by atoms with Gasteiger partial charge in [-0.3, -0.25) is 18.6 Å². The molecule has 2 aromatic rings. The highest BCUT2D eigenvalue weighted by Crippen LogP contribution is 2.31. The summed E-state index contributed by atoms with van der Waals surface area (Å²) in [7, 11) is -1.71. The van der Waals surface area contributed by atoms with E-state index in [1.807, 2.05) is 31.2 Å². The number of nitrogens with zero attached hydrogens (tertiary/aromatic N) is 1. The van der Waals surface area contributed by atoms with E-state index in [1.165, 1.54) is 16.9 Å². The number of nitrogens with one attached hydrogen (secondary N) is 2. The Balaban J connectivity index is 1.44. The number of aryl methyl sites for hydroxylation is 2. The van der Waals surface area contributed by atoms with Gasteiger partial charge in [0.2, 0.25) is 17.7 Å². The molecule has 0 heterocycles. The van der Waals surface area contributed by atoms with Crippen LogP contribution in [-0.2, 0) is 38.0 Å². The molecule has 2 aromatic carbocycles. The van der Waals surface area contributed by atoms with E-state index in [1.54, 1.807) is 12.1 Å². The van der Waals surface area contributed by atoms with Gasteiger partial charge >= 0.3 is 0 Å². The Morgan fingerprint density at radius 2 is 1.62 bits per heavy atom. The van der Waals surface area contributed by atoms with Gasteiger partial charge < -0.3 is 15.5 Å². The fourth-order valence-electron chi connectivity index (χ4n) is 5.23. The Labute approximate surface area is 221 Å². The van der Waals surface area contributed by atoms with Crippen molar-refractivity contribution in [2.75, 3.05) is 28.3 Å². The van der Waals surface area contributed by atoms with Crippen LogP contribution in [0.25, 0.3) is 0 Å². The predicted octanol–water partition coefficient (Wildman–Crippen LogP) is 4.04. The van der Waals surface area contributed by atoms with Gasteiger partial charge in [0.15, 0.2) is 0 Å². The monoisotopic (exact) mass is 523 g/mol. The molecule has 37 heavy (non-hydrogen) atoms. The highest BCUT2D eigenvalue weighted by Gasteiger charge is 2.27. The molecule has 0 spiro atoms. The molecule has 1 fully saturated rings. The molecular formula is C29H37N3O4S. The molecule has 2 N–H and O–H groups in total. The van der Waals surface area contributed by atoms with E-state index in [0.29, 0.717) is 5.69 Å². The SMILES string of the molecule is Cc1ccc(NC(=O)CS(=O)CC(=O)N(CC(=O)NC2CCCCC2)c2cccc3c2CCCC3)cc1. The summed E-state index contributed by atoms with van der Waals surface area (Å²) in [6.07, 6.45) is 9.24. The number of amides is 3. The molecule has 0 radical (unpaired) electrons. The summed E-state index contributed by atoms with van der Waals surface area (Å²) in [6, 6.07) is 13.4. The lowest BCUT2D eigenvalue weighted by atomic mass is 9.90. The molecule has 1 saturated carbocycles. The topological polar surface area (TPSA) is 95.6 Å². The van der Waals surface area contributed by atoms with Crippen molar-refractivity contribution in [3.8, 4) is 0 Å². The Bertz CT molecular complexity index is 1140. The standard InChI is InChI=1S/C29H37N3O4S/c1-21-14-16-24(17-15-21)31-28(34)19-37(36)20-29(35)32(18-27(33)30-23-10-3-2-4-11-23)26-13-7-9-22-8-5-6-12-25(22)26/h7,9,13-17,23H,2-6,8,10-12,18-20H2,1H3,(H,30,33)(H,31,34).